The maximum Gasteiger partial charge on any atom is 0.223 e. The SMILES string of the molecule is COc1ccc(CNC(=O)[C@@H](C)[C@@H]2CCc3c(C)cc(OCCN(C)C)c(C)c3C2)cc1. The van der Waals surface area contributed by atoms with Crippen molar-refractivity contribution in [1.29, 1.82) is 0 Å². The van der Waals surface area contributed by atoms with Crippen molar-refractivity contribution in [3.63, 3.8) is 0 Å². The summed E-state index contributed by atoms with van der Waals surface area (Å²) in [7, 11) is 5.77. The molecule has 2 atom stereocenters. The molecule has 1 aliphatic rings. The largest absolute Gasteiger partial charge is 0.497 e. The number of hydrogen-bond donors (Lipinski definition) is 1. The van der Waals surface area contributed by atoms with Gasteiger partial charge in [-0.3, -0.25) is 4.79 Å². The Morgan fingerprint density at radius 3 is 2.56 bits per heavy atom. The lowest BCUT2D eigenvalue weighted by Gasteiger charge is -2.31. The molecule has 0 unspecified atom stereocenters. The van der Waals surface area contributed by atoms with E-state index >= 15 is 0 Å². The highest BCUT2D eigenvalue weighted by atomic mass is 16.5. The molecule has 174 valence electrons. The first kappa shape index (κ1) is 24.1. The molecule has 0 radical (unpaired) electrons. The first-order valence-electron chi connectivity index (χ1n) is 11.6. The number of methoxy groups -OCH3 is 1. The van der Waals surface area contributed by atoms with Crippen molar-refractivity contribution in [2.75, 3.05) is 34.4 Å². The molecule has 5 nitrogen and oxygen atoms in total. The fraction of sp³-hybridized carbons (Fsp3) is 0.519. The number of likely N-dealkylation sites (N-methyl/N-ethyl adjacent to an activating group) is 1. The minimum absolute atomic E-state index is 0.0283. The second-order valence-electron chi connectivity index (χ2n) is 9.28. The molecule has 0 bridgehead atoms. The molecular formula is C27H38N2O3. The average molecular weight is 439 g/mol. The number of ether oxygens (including phenoxy) is 2. The molecule has 2 aromatic carbocycles. The van der Waals surface area contributed by atoms with Crippen LogP contribution in [0.4, 0.5) is 0 Å². The number of carbonyl (C=O) groups is 1. The van der Waals surface area contributed by atoms with E-state index in [2.05, 4.69) is 51.1 Å². The van der Waals surface area contributed by atoms with E-state index in [4.69, 9.17) is 9.47 Å². The second kappa shape index (κ2) is 10.9. The van der Waals surface area contributed by atoms with Crippen molar-refractivity contribution >= 4 is 5.91 Å². The van der Waals surface area contributed by atoms with Gasteiger partial charge in [0.1, 0.15) is 18.1 Å². The van der Waals surface area contributed by atoms with Crippen LogP contribution >= 0.6 is 0 Å². The molecule has 32 heavy (non-hydrogen) atoms. The number of nitrogens with one attached hydrogen (secondary N) is 1. The van der Waals surface area contributed by atoms with Gasteiger partial charge in [-0.05, 0) is 99.1 Å². The zero-order chi connectivity index (χ0) is 23.3. The summed E-state index contributed by atoms with van der Waals surface area (Å²) in [6.45, 7) is 8.53. The van der Waals surface area contributed by atoms with E-state index in [-0.39, 0.29) is 11.8 Å². The number of benzene rings is 2. The third-order valence-corrected chi connectivity index (χ3v) is 6.78. The quantitative estimate of drug-likeness (QED) is 0.634. The normalized spacial score (nSPS) is 16.4. The van der Waals surface area contributed by atoms with Crippen LogP contribution in [-0.2, 0) is 24.2 Å². The van der Waals surface area contributed by atoms with E-state index < -0.39 is 0 Å². The minimum atomic E-state index is -0.0283. The van der Waals surface area contributed by atoms with Gasteiger partial charge in [0.25, 0.3) is 0 Å². The number of hydrogen-bond acceptors (Lipinski definition) is 4. The van der Waals surface area contributed by atoms with Crippen LogP contribution in [0.1, 0.15) is 41.2 Å². The molecule has 1 aliphatic carbocycles. The summed E-state index contributed by atoms with van der Waals surface area (Å²) in [5.74, 6) is 2.25. The fourth-order valence-electron chi connectivity index (χ4n) is 4.55. The van der Waals surface area contributed by atoms with Gasteiger partial charge >= 0.3 is 0 Å². The molecule has 0 heterocycles. The Balaban J connectivity index is 1.64. The Labute approximate surface area is 193 Å². The third-order valence-electron chi connectivity index (χ3n) is 6.78. The lowest BCUT2D eigenvalue weighted by atomic mass is 9.74. The Kier molecular flexibility index (Phi) is 8.19. The van der Waals surface area contributed by atoms with Crippen molar-refractivity contribution in [2.24, 2.45) is 11.8 Å². The van der Waals surface area contributed by atoms with Gasteiger partial charge in [0.15, 0.2) is 0 Å². The third kappa shape index (κ3) is 5.83. The molecule has 0 saturated heterocycles. The standard InChI is InChI=1S/C27H38N2O3/c1-18-15-26(32-14-13-29(4)5)20(3)25-16-22(9-12-24(18)25)19(2)27(30)28-17-21-7-10-23(31-6)11-8-21/h7-8,10-11,15,19,22H,9,12-14,16-17H2,1-6H3,(H,28,30)/t19-,22+/m0/s1. The number of aryl methyl sites for hydroxylation is 1. The predicted octanol–water partition coefficient (Wildman–Crippen LogP) is 4.31. The van der Waals surface area contributed by atoms with E-state index in [0.29, 0.717) is 19.1 Å². The summed E-state index contributed by atoms with van der Waals surface area (Å²) in [6.07, 6.45) is 3.01. The summed E-state index contributed by atoms with van der Waals surface area (Å²) in [6, 6.07) is 10.0. The molecule has 3 rings (SSSR count). The summed E-state index contributed by atoms with van der Waals surface area (Å²) in [5, 5.41) is 3.12. The minimum Gasteiger partial charge on any atom is -0.497 e. The average Bonchev–Trinajstić information content (AvgIpc) is 2.79. The summed E-state index contributed by atoms with van der Waals surface area (Å²) in [4.78, 5) is 15.0. The Morgan fingerprint density at radius 2 is 1.91 bits per heavy atom. The van der Waals surface area contributed by atoms with Crippen LogP contribution in [0.2, 0.25) is 0 Å². The van der Waals surface area contributed by atoms with Crippen LogP contribution in [0.25, 0.3) is 0 Å². The van der Waals surface area contributed by atoms with Crippen LogP contribution in [0, 0.1) is 25.7 Å². The van der Waals surface area contributed by atoms with E-state index in [1.807, 2.05) is 24.3 Å². The predicted molar refractivity (Wildman–Crippen MR) is 129 cm³/mol. The van der Waals surface area contributed by atoms with Crippen LogP contribution in [-0.4, -0.2) is 45.2 Å². The molecule has 0 fully saturated rings. The lowest BCUT2D eigenvalue weighted by molar-refractivity contribution is -0.126. The maximum atomic E-state index is 12.9. The molecule has 1 N–H and O–H groups in total. The molecule has 5 heteroatoms. The Morgan fingerprint density at radius 1 is 1.19 bits per heavy atom. The molecular weight excluding hydrogens is 400 g/mol. The molecule has 1 amide bonds. The van der Waals surface area contributed by atoms with Crippen LogP contribution in [0.5, 0.6) is 11.5 Å². The molecule has 0 spiro atoms. The first-order valence-corrected chi connectivity index (χ1v) is 11.6. The smallest absolute Gasteiger partial charge is 0.223 e. The molecule has 0 aromatic heterocycles. The van der Waals surface area contributed by atoms with Crippen molar-refractivity contribution in [2.45, 2.75) is 46.6 Å². The number of rotatable bonds is 9. The number of carbonyl (C=O) groups excluding carboxylic acids is 1. The van der Waals surface area contributed by atoms with E-state index in [1.54, 1.807) is 7.11 Å². The number of fused-ring (bicyclic) bond motifs is 1. The van der Waals surface area contributed by atoms with Crippen LogP contribution < -0.4 is 14.8 Å². The van der Waals surface area contributed by atoms with Crippen LogP contribution in [0.3, 0.4) is 0 Å². The molecule has 0 saturated carbocycles. The van der Waals surface area contributed by atoms with Crippen molar-refractivity contribution in [1.82, 2.24) is 10.2 Å². The van der Waals surface area contributed by atoms with Gasteiger partial charge in [0, 0.05) is 19.0 Å². The van der Waals surface area contributed by atoms with Gasteiger partial charge < -0.3 is 19.7 Å². The van der Waals surface area contributed by atoms with E-state index in [0.717, 1.165) is 42.9 Å². The second-order valence-corrected chi connectivity index (χ2v) is 9.28. The zero-order valence-corrected chi connectivity index (χ0v) is 20.5. The zero-order valence-electron chi connectivity index (χ0n) is 20.5. The lowest BCUT2D eigenvalue weighted by Crippen LogP contribution is -2.35. The number of nitrogens with zero attached hydrogens (tertiary/aromatic N) is 1. The van der Waals surface area contributed by atoms with Gasteiger partial charge in [0.05, 0.1) is 7.11 Å². The highest BCUT2D eigenvalue weighted by Crippen LogP contribution is 2.37. The van der Waals surface area contributed by atoms with Crippen molar-refractivity contribution in [3.05, 3.63) is 58.1 Å². The molecule has 2 aromatic rings. The fourth-order valence-corrected chi connectivity index (χ4v) is 4.55. The van der Waals surface area contributed by atoms with Gasteiger partial charge in [-0.1, -0.05) is 19.1 Å². The Hall–Kier alpha value is -2.53. The van der Waals surface area contributed by atoms with E-state index in [1.165, 1.54) is 22.3 Å². The van der Waals surface area contributed by atoms with Gasteiger partial charge in [-0.25, -0.2) is 0 Å². The van der Waals surface area contributed by atoms with Crippen LogP contribution in [0.15, 0.2) is 30.3 Å². The highest BCUT2D eigenvalue weighted by molar-refractivity contribution is 5.78. The summed E-state index contributed by atoms with van der Waals surface area (Å²) >= 11 is 0. The highest BCUT2D eigenvalue weighted by Gasteiger charge is 2.30. The Bertz CT molecular complexity index is 921. The summed E-state index contributed by atoms with van der Waals surface area (Å²) in [5.41, 5.74) is 6.45. The molecule has 0 aliphatic heterocycles. The first-order chi connectivity index (χ1) is 15.3. The van der Waals surface area contributed by atoms with E-state index in [9.17, 15) is 4.79 Å². The summed E-state index contributed by atoms with van der Waals surface area (Å²) < 4.78 is 11.3. The maximum absolute atomic E-state index is 12.9. The van der Waals surface area contributed by atoms with Crippen molar-refractivity contribution < 1.29 is 14.3 Å². The van der Waals surface area contributed by atoms with Crippen molar-refractivity contribution in [3.8, 4) is 11.5 Å². The topological polar surface area (TPSA) is 50.8 Å². The van der Waals surface area contributed by atoms with Gasteiger partial charge in [-0.15, -0.1) is 0 Å². The van der Waals surface area contributed by atoms with Gasteiger partial charge in [0.2, 0.25) is 5.91 Å². The monoisotopic (exact) mass is 438 g/mol. The van der Waals surface area contributed by atoms with Gasteiger partial charge in [-0.2, -0.15) is 0 Å². The number of amides is 1.